The molecule has 2 aliphatic rings. The first-order valence-electron chi connectivity index (χ1n) is 18.5. The molecule has 0 saturated carbocycles. The van der Waals surface area contributed by atoms with Crippen LogP contribution < -0.4 is 4.90 Å². The van der Waals surface area contributed by atoms with Gasteiger partial charge in [0.05, 0.1) is 37.2 Å². The minimum atomic E-state index is -0.694. The molecule has 3 aromatic heterocycles. The van der Waals surface area contributed by atoms with Crippen LogP contribution in [0, 0.1) is 6.92 Å². The van der Waals surface area contributed by atoms with E-state index in [0.717, 1.165) is 36.1 Å². The van der Waals surface area contributed by atoms with Crippen molar-refractivity contribution in [1.29, 1.82) is 0 Å². The highest BCUT2D eigenvalue weighted by atomic mass is 35.5. The van der Waals surface area contributed by atoms with Crippen LogP contribution in [0.3, 0.4) is 0 Å². The Morgan fingerprint density at radius 3 is 2.49 bits per heavy atom. The summed E-state index contributed by atoms with van der Waals surface area (Å²) in [6, 6.07) is 25.2. The Labute approximate surface area is 323 Å². The monoisotopic (exact) mass is 760 g/mol. The number of aromatic hydroxyl groups is 1. The summed E-state index contributed by atoms with van der Waals surface area (Å²) < 4.78 is 23.7. The van der Waals surface area contributed by atoms with E-state index in [2.05, 4.69) is 22.0 Å². The average Bonchev–Trinajstić information content (AvgIpc) is 3.73. The smallest absolute Gasteiger partial charge is 0.264 e. The standard InChI is InChI=1S/C43H42ClFN6O4/c1-28-38(43(54)51(33-8-10-36(52)11-9-33)34-22-30-13-15-47(2)41(30)46-25-34)24-40(49(28)16-14-45)39-23-32(44)7-12-37(39)42(53)50-26-31-6-4-3-5-29(31)21-35(50)27-48-17-19-55-20-18-48/h3-13,15,22-25,35,52H,14,16-21,26-27H2,1-2H3/t35-/m0/s1. The van der Waals surface area contributed by atoms with Gasteiger partial charge in [-0.15, -0.1) is 0 Å². The molecular weight excluding hydrogens is 719 g/mol. The molecular formula is C43H42ClFN6O4. The topological polar surface area (TPSA) is 96.1 Å². The number of fused-ring (bicyclic) bond motifs is 2. The number of hydrogen-bond donors (Lipinski definition) is 1. The number of aryl methyl sites for hydroxylation is 1. The van der Waals surface area contributed by atoms with Crippen LogP contribution in [0.1, 0.15) is 37.5 Å². The third-order valence-corrected chi connectivity index (χ3v) is 11.1. The zero-order valence-electron chi connectivity index (χ0n) is 30.8. The normalized spacial score (nSPS) is 16.0. The molecule has 2 amide bonds. The SMILES string of the molecule is Cc1c(C(=O)N(c2ccc(O)cc2)c2cnc3c(ccn3C)c2)cc(-c2cc(Cl)ccc2C(=O)N2Cc3ccccc3C[C@H]2CN2CCOCC2)n1CCF. The summed E-state index contributed by atoms with van der Waals surface area (Å²) in [5, 5.41) is 11.4. The molecule has 12 heteroatoms. The van der Waals surface area contributed by atoms with Crippen molar-refractivity contribution in [2.24, 2.45) is 7.05 Å². The summed E-state index contributed by atoms with van der Waals surface area (Å²) in [5.74, 6) is -0.485. The van der Waals surface area contributed by atoms with Crippen molar-refractivity contribution in [1.82, 2.24) is 23.9 Å². The Bertz CT molecular complexity index is 2380. The number of nitrogens with zero attached hydrogens (tertiary/aromatic N) is 6. The maximum atomic E-state index is 14.9. The Morgan fingerprint density at radius 2 is 1.73 bits per heavy atom. The zero-order valence-corrected chi connectivity index (χ0v) is 31.5. The van der Waals surface area contributed by atoms with E-state index in [1.807, 2.05) is 47.0 Å². The van der Waals surface area contributed by atoms with E-state index in [-0.39, 0.29) is 30.2 Å². The van der Waals surface area contributed by atoms with Crippen LogP contribution in [0.2, 0.25) is 5.02 Å². The molecule has 10 nitrogen and oxygen atoms in total. The summed E-state index contributed by atoms with van der Waals surface area (Å²) in [6.07, 6.45) is 4.26. The number of amides is 2. The number of rotatable bonds is 9. The van der Waals surface area contributed by atoms with Gasteiger partial charge in [0.1, 0.15) is 18.1 Å². The molecule has 6 aromatic rings. The fourth-order valence-electron chi connectivity index (χ4n) is 7.97. The van der Waals surface area contributed by atoms with Crippen LogP contribution in [0.15, 0.2) is 97.3 Å². The number of pyridine rings is 1. The van der Waals surface area contributed by atoms with E-state index in [9.17, 15) is 19.1 Å². The molecule has 0 spiro atoms. The number of anilines is 2. The fourth-order valence-corrected chi connectivity index (χ4v) is 8.14. The fraction of sp³-hybridized carbons (Fsp3) is 0.279. The number of phenols is 1. The van der Waals surface area contributed by atoms with E-state index in [0.29, 0.717) is 70.8 Å². The molecule has 0 radical (unpaired) electrons. The minimum Gasteiger partial charge on any atom is -0.508 e. The number of carbonyl (C=O) groups excluding carboxylic acids is 2. The number of carbonyl (C=O) groups is 2. The highest BCUT2D eigenvalue weighted by Gasteiger charge is 2.34. The maximum absolute atomic E-state index is 14.9. The molecule has 1 atom stereocenters. The summed E-state index contributed by atoms with van der Waals surface area (Å²) in [7, 11) is 1.90. The van der Waals surface area contributed by atoms with Gasteiger partial charge in [-0.1, -0.05) is 35.9 Å². The number of aromatic nitrogens is 3. The molecule has 282 valence electrons. The Balaban J connectivity index is 1.21. The van der Waals surface area contributed by atoms with Gasteiger partial charge < -0.3 is 23.9 Å². The maximum Gasteiger partial charge on any atom is 0.264 e. The van der Waals surface area contributed by atoms with E-state index >= 15 is 0 Å². The molecule has 1 fully saturated rings. The quantitative estimate of drug-likeness (QED) is 0.164. The van der Waals surface area contributed by atoms with Crippen LogP contribution in [-0.2, 0) is 31.3 Å². The van der Waals surface area contributed by atoms with Crippen LogP contribution in [0.4, 0.5) is 15.8 Å². The molecule has 2 aliphatic heterocycles. The number of hydrogen-bond acceptors (Lipinski definition) is 6. The second-order valence-electron chi connectivity index (χ2n) is 14.2. The highest BCUT2D eigenvalue weighted by Crippen LogP contribution is 2.37. The summed E-state index contributed by atoms with van der Waals surface area (Å²) in [4.78, 5) is 40.3. The Morgan fingerprint density at radius 1 is 0.964 bits per heavy atom. The number of morpholine rings is 1. The number of benzene rings is 3. The van der Waals surface area contributed by atoms with Crippen LogP contribution in [0.5, 0.6) is 5.75 Å². The van der Waals surface area contributed by atoms with Crippen molar-refractivity contribution < 1.29 is 23.8 Å². The molecule has 0 unspecified atom stereocenters. The number of alkyl halides is 1. The first kappa shape index (κ1) is 36.5. The van der Waals surface area contributed by atoms with Gasteiger partial charge in [-0.2, -0.15) is 0 Å². The van der Waals surface area contributed by atoms with Crippen LogP contribution in [-0.4, -0.2) is 86.4 Å². The first-order valence-corrected chi connectivity index (χ1v) is 18.9. The van der Waals surface area contributed by atoms with Gasteiger partial charge in [-0.25, -0.2) is 9.37 Å². The van der Waals surface area contributed by atoms with E-state index in [1.54, 1.807) is 54.1 Å². The summed E-state index contributed by atoms with van der Waals surface area (Å²) in [5.41, 5.74) is 6.42. The molecule has 3 aromatic carbocycles. The second kappa shape index (κ2) is 15.3. The number of phenolic OH excluding ortho intramolecular Hbond substituents is 1. The number of halogens is 2. The zero-order chi connectivity index (χ0) is 38.2. The van der Waals surface area contributed by atoms with Crippen molar-refractivity contribution >= 4 is 45.8 Å². The van der Waals surface area contributed by atoms with E-state index in [4.69, 9.17) is 16.3 Å². The lowest BCUT2D eigenvalue weighted by Gasteiger charge is -2.40. The van der Waals surface area contributed by atoms with Gasteiger partial charge in [0, 0.05) is 84.1 Å². The van der Waals surface area contributed by atoms with Crippen molar-refractivity contribution in [3.63, 3.8) is 0 Å². The van der Waals surface area contributed by atoms with Crippen molar-refractivity contribution in [2.75, 3.05) is 44.4 Å². The van der Waals surface area contributed by atoms with Crippen molar-refractivity contribution in [3.8, 4) is 17.0 Å². The second-order valence-corrected chi connectivity index (χ2v) is 14.7. The molecule has 55 heavy (non-hydrogen) atoms. The molecule has 0 bridgehead atoms. The first-order chi connectivity index (χ1) is 26.7. The third-order valence-electron chi connectivity index (χ3n) is 10.8. The lowest BCUT2D eigenvalue weighted by Crippen LogP contribution is -2.52. The molecule has 1 N–H and O–H groups in total. The Kier molecular flexibility index (Phi) is 10.2. The van der Waals surface area contributed by atoms with Crippen molar-refractivity contribution in [3.05, 3.63) is 130 Å². The van der Waals surface area contributed by atoms with Gasteiger partial charge in [0.15, 0.2) is 0 Å². The van der Waals surface area contributed by atoms with Gasteiger partial charge in [-0.3, -0.25) is 19.4 Å². The van der Waals surface area contributed by atoms with Gasteiger partial charge in [0.2, 0.25) is 0 Å². The van der Waals surface area contributed by atoms with E-state index < -0.39 is 6.67 Å². The van der Waals surface area contributed by atoms with Crippen LogP contribution >= 0.6 is 11.6 Å². The predicted octanol–water partition coefficient (Wildman–Crippen LogP) is 7.56. The summed E-state index contributed by atoms with van der Waals surface area (Å²) >= 11 is 6.66. The molecule has 5 heterocycles. The molecule has 0 aliphatic carbocycles. The third kappa shape index (κ3) is 7.11. The average molecular weight is 761 g/mol. The van der Waals surface area contributed by atoms with Crippen molar-refractivity contribution in [2.45, 2.75) is 32.5 Å². The molecule has 8 rings (SSSR count). The lowest BCUT2D eigenvalue weighted by molar-refractivity contribution is 0.0193. The van der Waals surface area contributed by atoms with Gasteiger partial charge in [-0.05, 0) is 85.1 Å². The minimum absolute atomic E-state index is 0.0396. The lowest BCUT2D eigenvalue weighted by atomic mass is 9.92. The molecule has 1 saturated heterocycles. The Hall–Kier alpha value is -5.49. The highest BCUT2D eigenvalue weighted by molar-refractivity contribution is 6.31. The van der Waals surface area contributed by atoms with Gasteiger partial charge >= 0.3 is 0 Å². The predicted molar refractivity (Wildman–Crippen MR) is 212 cm³/mol. The van der Waals surface area contributed by atoms with Crippen LogP contribution in [0.25, 0.3) is 22.3 Å². The number of ether oxygens (including phenoxy) is 1. The van der Waals surface area contributed by atoms with E-state index in [1.165, 1.54) is 22.6 Å². The summed E-state index contributed by atoms with van der Waals surface area (Å²) in [6.45, 7) is 5.12. The van der Waals surface area contributed by atoms with Gasteiger partial charge in [0.25, 0.3) is 11.8 Å². The largest absolute Gasteiger partial charge is 0.508 e.